The van der Waals surface area contributed by atoms with Crippen molar-refractivity contribution < 1.29 is 18.7 Å². The van der Waals surface area contributed by atoms with Crippen LogP contribution in [-0.2, 0) is 15.9 Å². The molecule has 34 heavy (non-hydrogen) atoms. The fourth-order valence-corrected chi connectivity index (χ4v) is 5.28. The number of morpholine rings is 1. The number of carbonyl (C=O) groups is 1. The molecule has 0 aliphatic carbocycles. The molecule has 176 valence electrons. The molecule has 2 saturated heterocycles. The number of furan rings is 1. The number of amides is 1. The van der Waals surface area contributed by atoms with E-state index in [4.69, 9.17) is 18.9 Å². The molecule has 2 fully saturated rings. The number of ether oxygens (including phenoxy) is 2. The van der Waals surface area contributed by atoms with Gasteiger partial charge in [-0.2, -0.15) is 0 Å². The summed E-state index contributed by atoms with van der Waals surface area (Å²) in [5, 5.41) is 0. The molecule has 0 N–H and O–H groups in total. The van der Waals surface area contributed by atoms with E-state index in [9.17, 15) is 4.79 Å². The van der Waals surface area contributed by atoms with Crippen LogP contribution in [0.4, 0.5) is 5.69 Å². The van der Waals surface area contributed by atoms with Gasteiger partial charge in [0.15, 0.2) is 0 Å². The van der Waals surface area contributed by atoms with Gasteiger partial charge in [0.25, 0.3) is 5.91 Å². The molecule has 2 aromatic heterocycles. The lowest BCUT2D eigenvalue weighted by atomic mass is 10.0. The normalized spacial score (nSPS) is 22.4. The van der Waals surface area contributed by atoms with E-state index in [0.717, 1.165) is 55.4 Å². The van der Waals surface area contributed by atoms with Gasteiger partial charge >= 0.3 is 0 Å². The zero-order valence-corrected chi connectivity index (χ0v) is 19.2. The molecule has 3 aromatic rings. The van der Waals surface area contributed by atoms with Crippen LogP contribution in [-0.4, -0.2) is 61.3 Å². The highest BCUT2D eigenvalue weighted by Crippen LogP contribution is 2.41. The first-order chi connectivity index (χ1) is 16.8. The highest BCUT2D eigenvalue weighted by Gasteiger charge is 2.43. The zero-order chi connectivity index (χ0) is 22.9. The highest BCUT2D eigenvalue weighted by molar-refractivity contribution is 6.00. The van der Waals surface area contributed by atoms with E-state index in [0.29, 0.717) is 31.7 Å². The van der Waals surface area contributed by atoms with Gasteiger partial charge in [0.05, 0.1) is 48.2 Å². The first-order valence-electron chi connectivity index (χ1n) is 12.1. The number of carbonyl (C=O) groups excluding carboxylic acids is 1. The topological polar surface area (TPSA) is 68.0 Å². The maximum absolute atomic E-state index is 13.7. The van der Waals surface area contributed by atoms with Crippen molar-refractivity contribution in [1.82, 2.24) is 9.88 Å². The van der Waals surface area contributed by atoms with Crippen LogP contribution < -0.4 is 4.90 Å². The van der Waals surface area contributed by atoms with Crippen molar-refractivity contribution in [3.05, 3.63) is 83.1 Å². The second kappa shape index (κ2) is 9.24. The quantitative estimate of drug-likeness (QED) is 0.558. The van der Waals surface area contributed by atoms with E-state index in [1.165, 1.54) is 5.56 Å². The number of hydrogen-bond donors (Lipinski definition) is 0. The summed E-state index contributed by atoms with van der Waals surface area (Å²) in [7, 11) is 0. The number of nitrogens with zero attached hydrogens (tertiary/aromatic N) is 3. The Morgan fingerprint density at radius 3 is 2.62 bits per heavy atom. The second-order valence-corrected chi connectivity index (χ2v) is 9.16. The summed E-state index contributed by atoms with van der Waals surface area (Å²) in [5.74, 6) is 0.738. The van der Waals surface area contributed by atoms with Crippen molar-refractivity contribution in [3.8, 4) is 0 Å². The smallest absolute Gasteiger partial charge is 0.256 e. The van der Waals surface area contributed by atoms with Crippen LogP contribution >= 0.6 is 0 Å². The summed E-state index contributed by atoms with van der Waals surface area (Å²) >= 11 is 0. The van der Waals surface area contributed by atoms with Crippen molar-refractivity contribution >= 4 is 11.6 Å². The van der Waals surface area contributed by atoms with Crippen LogP contribution in [0.25, 0.3) is 0 Å². The number of anilines is 1. The molecule has 2 unspecified atom stereocenters. The third-order valence-corrected chi connectivity index (χ3v) is 6.97. The number of rotatable bonds is 6. The van der Waals surface area contributed by atoms with Crippen molar-refractivity contribution in [1.29, 1.82) is 0 Å². The van der Waals surface area contributed by atoms with Crippen LogP contribution in [0.3, 0.4) is 0 Å². The highest BCUT2D eigenvalue weighted by atomic mass is 16.5. The van der Waals surface area contributed by atoms with Crippen molar-refractivity contribution in [3.63, 3.8) is 0 Å². The number of pyridine rings is 1. The first-order valence-corrected chi connectivity index (χ1v) is 12.1. The number of aromatic nitrogens is 1. The average Bonchev–Trinajstić information content (AvgIpc) is 3.63. The maximum Gasteiger partial charge on any atom is 0.256 e. The van der Waals surface area contributed by atoms with Crippen LogP contribution in [0.15, 0.2) is 59.2 Å². The molecule has 0 bridgehead atoms. The van der Waals surface area contributed by atoms with Gasteiger partial charge in [0.1, 0.15) is 11.8 Å². The van der Waals surface area contributed by atoms with Gasteiger partial charge in [-0.05, 0) is 36.6 Å². The van der Waals surface area contributed by atoms with Crippen LogP contribution in [0.5, 0.6) is 0 Å². The molecule has 0 saturated carbocycles. The van der Waals surface area contributed by atoms with E-state index >= 15 is 0 Å². The predicted molar refractivity (Wildman–Crippen MR) is 127 cm³/mol. The SMILES string of the molecule is O=C1c2cc(N3CCOCC3)c(Cc3ccccc3)nc2C(c2ccco2)N1CC1CCCO1. The molecule has 5 heterocycles. The number of fused-ring (bicyclic) bond motifs is 1. The molecule has 1 aromatic carbocycles. The van der Waals surface area contributed by atoms with E-state index in [1.54, 1.807) is 6.26 Å². The minimum Gasteiger partial charge on any atom is -0.467 e. The van der Waals surface area contributed by atoms with Crippen LogP contribution in [0.2, 0.25) is 0 Å². The van der Waals surface area contributed by atoms with Gasteiger partial charge in [0.2, 0.25) is 0 Å². The zero-order valence-electron chi connectivity index (χ0n) is 19.2. The van der Waals surface area contributed by atoms with Gasteiger partial charge in [-0.15, -0.1) is 0 Å². The Morgan fingerprint density at radius 1 is 1.03 bits per heavy atom. The molecule has 0 spiro atoms. The Balaban J connectivity index is 1.44. The van der Waals surface area contributed by atoms with E-state index in [1.807, 2.05) is 23.1 Å². The van der Waals surface area contributed by atoms with Crippen molar-refractivity contribution in [2.45, 2.75) is 31.4 Å². The second-order valence-electron chi connectivity index (χ2n) is 9.16. The largest absolute Gasteiger partial charge is 0.467 e. The van der Waals surface area contributed by atoms with Crippen LogP contribution in [0.1, 0.15) is 52.0 Å². The van der Waals surface area contributed by atoms with Gasteiger partial charge in [0, 0.05) is 32.7 Å². The molecular weight excluding hydrogens is 430 g/mol. The monoisotopic (exact) mass is 459 g/mol. The Hall–Kier alpha value is -3.16. The number of hydrogen-bond acceptors (Lipinski definition) is 6. The first kappa shape index (κ1) is 21.4. The summed E-state index contributed by atoms with van der Waals surface area (Å²) in [6, 6.07) is 15.9. The standard InChI is InChI=1S/C27H29N3O4/c31-27-21-17-23(29-10-14-32-15-11-29)22(16-19-6-2-1-3-7-19)28-25(21)26(24-9-5-13-34-24)30(27)18-20-8-4-12-33-20/h1-3,5-7,9,13,17,20,26H,4,8,10-12,14-16,18H2. The van der Waals surface area contributed by atoms with Gasteiger partial charge in [-0.3, -0.25) is 9.78 Å². The molecule has 3 aliphatic heterocycles. The Kier molecular flexibility index (Phi) is 5.81. The average molecular weight is 460 g/mol. The van der Waals surface area contributed by atoms with E-state index < -0.39 is 0 Å². The van der Waals surface area contributed by atoms with E-state index in [2.05, 4.69) is 35.2 Å². The molecule has 3 aliphatic rings. The molecule has 7 heteroatoms. The van der Waals surface area contributed by atoms with Crippen LogP contribution in [0, 0.1) is 0 Å². The Morgan fingerprint density at radius 2 is 1.88 bits per heavy atom. The Bertz CT molecular complexity index is 1140. The molecule has 2 atom stereocenters. The van der Waals surface area contributed by atoms with Crippen molar-refractivity contribution in [2.24, 2.45) is 0 Å². The lowest BCUT2D eigenvalue weighted by Crippen LogP contribution is -2.37. The fourth-order valence-electron chi connectivity index (χ4n) is 5.28. The molecule has 1 amide bonds. The summed E-state index contributed by atoms with van der Waals surface area (Å²) in [6.45, 7) is 4.23. The van der Waals surface area contributed by atoms with Gasteiger partial charge in [-0.25, -0.2) is 0 Å². The summed E-state index contributed by atoms with van der Waals surface area (Å²) in [5.41, 5.74) is 4.64. The third kappa shape index (κ3) is 3.99. The fraction of sp³-hybridized carbons (Fsp3) is 0.407. The molecular formula is C27H29N3O4. The summed E-state index contributed by atoms with van der Waals surface area (Å²) < 4.78 is 17.3. The minimum atomic E-state index is -0.338. The van der Waals surface area contributed by atoms with E-state index in [-0.39, 0.29) is 18.1 Å². The van der Waals surface area contributed by atoms with Gasteiger partial charge in [-0.1, -0.05) is 30.3 Å². The van der Waals surface area contributed by atoms with Crippen molar-refractivity contribution in [2.75, 3.05) is 44.4 Å². The third-order valence-electron chi connectivity index (χ3n) is 6.97. The minimum absolute atomic E-state index is 0.000158. The predicted octanol–water partition coefficient (Wildman–Crippen LogP) is 3.83. The molecule has 0 radical (unpaired) electrons. The number of benzene rings is 1. The summed E-state index contributed by atoms with van der Waals surface area (Å²) in [6.07, 6.45) is 4.42. The summed E-state index contributed by atoms with van der Waals surface area (Å²) in [4.78, 5) is 23.1. The van der Waals surface area contributed by atoms with Gasteiger partial charge < -0.3 is 23.7 Å². The lowest BCUT2D eigenvalue weighted by Gasteiger charge is -2.30. The molecule has 6 rings (SSSR count). The maximum atomic E-state index is 13.7. The molecule has 7 nitrogen and oxygen atoms in total. The lowest BCUT2D eigenvalue weighted by molar-refractivity contribution is 0.0478. The Labute approximate surface area is 199 Å².